The van der Waals surface area contributed by atoms with Crippen LogP contribution in [0.2, 0.25) is 0 Å². The van der Waals surface area contributed by atoms with E-state index in [0.717, 1.165) is 29.9 Å². The Morgan fingerprint density at radius 2 is 1.42 bits per heavy atom. The number of alkyl halides is 1. The molecule has 0 bridgehead atoms. The lowest BCUT2D eigenvalue weighted by Crippen LogP contribution is -1.99. The Morgan fingerprint density at radius 1 is 0.842 bits per heavy atom. The Kier molecular flexibility index (Phi) is 9.60. The molecule has 1 aromatic rings. The van der Waals surface area contributed by atoms with Gasteiger partial charge in [0, 0.05) is 5.33 Å². The highest BCUT2D eigenvalue weighted by Crippen LogP contribution is 2.25. The number of unbranched alkanes of at least 4 members (excludes halogenated alkanes) is 6. The van der Waals surface area contributed by atoms with E-state index in [2.05, 4.69) is 15.9 Å². The minimum atomic E-state index is 0.780. The Morgan fingerprint density at radius 3 is 2.05 bits per heavy atom. The first-order valence-corrected chi connectivity index (χ1v) is 8.32. The monoisotopic (exact) mass is 328 g/mol. The van der Waals surface area contributed by atoms with Gasteiger partial charge in [-0.1, -0.05) is 60.2 Å². The summed E-state index contributed by atoms with van der Waals surface area (Å²) in [5.74, 6) is 1.67. The molecule has 0 radical (unpaired) electrons. The number of hydrogen-bond donors (Lipinski definition) is 0. The quantitative estimate of drug-likeness (QED) is 0.410. The second-order valence-electron chi connectivity index (χ2n) is 4.66. The van der Waals surface area contributed by atoms with E-state index in [0.29, 0.717) is 0 Å². The summed E-state index contributed by atoms with van der Waals surface area (Å²) in [6, 6.07) is 7.82. The molecule has 0 spiro atoms. The normalized spacial score (nSPS) is 10.4. The van der Waals surface area contributed by atoms with Crippen molar-refractivity contribution in [2.45, 2.75) is 44.9 Å². The molecule has 0 atom stereocenters. The molecule has 0 N–H and O–H groups in total. The SMILES string of the molecule is COc1ccccc1OCCCCCCCCCBr. The highest BCUT2D eigenvalue weighted by molar-refractivity contribution is 9.09. The summed E-state index contributed by atoms with van der Waals surface area (Å²) in [4.78, 5) is 0. The van der Waals surface area contributed by atoms with E-state index in [9.17, 15) is 0 Å². The van der Waals surface area contributed by atoms with Gasteiger partial charge in [0.15, 0.2) is 11.5 Å². The van der Waals surface area contributed by atoms with Crippen molar-refractivity contribution in [2.75, 3.05) is 19.0 Å². The van der Waals surface area contributed by atoms with Gasteiger partial charge in [0.1, 0.15) is 0 Å². The third-order valence-corrected chi connectivity index (χ3v) is 3.67. The third kappa shape index (κ3) is 7.46. The minimum absolute atomic E-state index is 0.780. The van der Waals surface area contributed by atoms with Crippen molar-refractivity contribution in [2.24, 2.45) is 0 Å². The molecule has 2 nitrogen and oxygen atoms in total. The highest BCUT2D eigenvalue weighted by Gasteiger charge is 2.01. The fourth-order valence-electron chi connectivity index (χ4n) is 2.00. The van der Waals surface area contributed by atoms with Crippen molar-refractivity contribution in [1.82, 2.24) is 0 Å². The van der Waals surface area contributed by atoms with Crippen LogP contribution in [0.4, 0.5) is 0 Å². The average molecular weight is 329 g/mol. The van der Waals surface area contributed by atoms with E-state index in [1.54, 1.807) is 7.11 Å². The van der Waals surface area contributed by atoms with E-state index < -0.39 is 0 Å². The van der Waals surface area contributed by atoms with Crippen LogP contribution in [-0.4, -0.2) is 19.0 Å². The molecule has 0 amide bonds. The van der Waals surface area contributed by atoms with Crippen LogP contribution in [0.25, 0.3) is 0 Å². The molecule has 3 heteroatoms. The molecule has 108 valence electrons. The van der Waals surface area contributed by atoms with Crippen molar-refractivity contribution in [3.05, 3.63) is 24.3 Å². The van der Waals surface area contributed by atoms with Crippen LogP contribution in [0.5, 0.6) is 11.5 Å². The lowest BCUT2D eigenvalue weighted by molar-refractivity contribution is 0.284. The van der Waals surface area contributed by atoms with E-state index in [1.807, 2.05) is 24.3 Å². The molecule has 19 heavy (non-hydrogen) atoms. The summed E-state index contributed by atoms with van der Waals surface area (Å²) in [6.45, 7) is 0.780. The lowest BCUT2D eigenvalue weighted by atomic mass is 10.1. The average Bonchev–Trinajstić information content (AvgIpc) is 2.46. The summed E-state index contributed by atoms with van der Waals surface area (Å²) in [6.07, 6.45) is 9.05. The molecule has 0 fully saturated rings. The molecule has 1 rings (SSSR count). The molecular formula is C16H25BrO2. The number of halogens is 1. The predicted molar refractivity (Wildman–Crippen MR) is 84.6 cm³/mol. The Labute approximate surface area is 125 Å². The van der Waals surface area contributed by atoms with Gasteiger partial charge in [0.2, 0.25) is 0 Å². The fraction of sp³-hybridized carbons (Fsp3) is 0.625. The van der Waals surface area contributed by atoms with E-state index in [1.165, 1.54) is 38.5 Å². The summed E-state index contributed by atoms with van der Waals surface area (Å²) < 4.78 is 11.0. The molecule has 0 aliphatic heterocycles. The van der Waals surface area contributed by atoms with Crippen LogP contribution in [-0.2, 0) is 0 Å². The van der Waals surface area contributed by atoms with Gasteiger partial charge in [-0.2, -0.15) is 0 Å². The van der Waals surface area contributed by atoms with Crippen LogP contribution >= 0.6 is 15.9 Å². The standard InChI is InChI=1S/C16H25BrO2/c1-18-15-11-7-8-12-16(15)19-14-10-6-4-2-3-5-9-13-17/h7-8,11-12H,2-6,9-10,13-14H2,1H3. The van der Waals surface area contributed by atoms with Crippen molar-refractivity contribution in [3.63, 3.8) is 0 Å². The maximum absolute atomic E-state index is 5.74. The first-order chi connectivity index (χ1) is 9.38. The molecule has 0 saturated carbocycles. The van der Waals surface area contributed by atoms with Crippen LogP contribution in [0, 0.1) is 0 Å². The van der Waals surface area contributed by atoms with Crippen molar-refractivity contribution < 1.29 is 9.47 Å². The Hall–Kier alpha value is -0.700. The first kappa shape index (κ1) is 16.4. The van der Waals surface area contributed by atoms with Crippen LogP contribution in [0.15, 0.2) is 24.3 Å². The van der Waals surface area contributed by atoms with Gasteiger partial charge < -0.3 is 9.47 Å². The number of benzene rings is 1. The van der Waals surface area contributed by atoms with Crippen LogP contribution in [0.3, 0.4) is 0 Å². The van der Waals surface area contributed by atoms with E-state index in [-0.39, 0.29) is 0 Å². The fourth-order valence-corrected chi connectivity index (χ4v) is 2.40. The molecule has 0 heterocycles. The lowest BCUT2D eigenvalue weighted by Gasteiger charge is -2.10. The number of ether oxygens (including phenoxy) is 2. The molecule has 0 aliphatic carbocycles. The molecular weight excluding hydrogens is 304 g/mol. The highest BCUT2D eigenvalue weighted by atomic mass is 79.9. The van der Waals surface area contributed by atoms with Crippen LogP contribution in [0.1, 0.15) is 44.9 Å². The second-order valence-corrected chi connectivity index (χ2v) is 5.46. The number of hydrogen-bond acceptors (Lipinski definition) is 2. The molecule has 0 unspecified atom stereocenters. The smallest absolute Gasteiger partial charge is 0.161 e. The first-order valence-electron chi connectivity index (χ1n) is 7.20. The largest absolute Gasteiger partial charge is 0.493 e. The summed E-state index contributed by atoms with van der Waals surface area (Å²) in [5, 5.41) is 1.14. The number of rotatable bonds is 11. The van der Waals surface area contributed by atoms with E-state index >= 15 is 0 Å². The molecule has 0 saturated heterocycles. The maximum Gasteiger partial charge on any atom is 0.161 e. The minimum Gasteiger partial charge on any atom is -0.493 e. The second kappa shape index (κ2) is 11.2. The Balaban J connectivity index is 2.01. The zero-order valence-electron chi connectivity index (χ0n) is 11.9. The summed E-state index contributed by atoms with van der Waals surface area (Å²) in [7, 11) is 1.68. The zero-order chi connectivity index (χ0) is 13.8. The maximum atomic E-state index is 5.74. The van der Waals surface area contributed by atoms with Crippen LogP contribution < -0.4 is 9.47 Å². The number of para-hydroxylation sites is 2. The number of methoxy groups -OCH3 is 1. The summed E-state index contributed by atoms with van der Waals surface area (Å²) >= 11 is 3.46. The zero-order valence-corrected chi connectivity index (χ0v) is 13.5. The molecule has 1 aromatic carbocycles. The molecule has 0 aliphatic rings. The topological polar surface area (TPSA) is 18.5 Å². The molecule has 0 aromatic heterocycles. The van der Waals surface area contributed by atoms with Crippen molar-refractivity contribution >= 4 is 15.9 Å². The van der Waals surface area contributed by atoms with Crippen molar-refractivity contribution in [1.29, 1.82) is 0 Å². The van der Waals surface area contributed by atoms with Crippen molar-refractivity contribution in [3.8, 4) is 11.5 Å². The van der Waals surface area contributed by atoms with Gasteiger partial charge in [-0.05, 0) is 25.0 Å². The van der Waals surface area contributed by atoms with Gasteiger partial charge >= 0.3 is 0 Å². The van der Waals surface area contributed by atoms with Gasteiger partial charge in [0.25, 0.3) is 0 Å². The van der Waals surface area contributed by atoms with Gasteiger partial charge in [-0.15, -0.1) is 0 Å². The third-order valence-electron chi connectivity index (χ3n) is 3.10. The summed E-state index contributed by atoms with van der Waals surface area (Å²) in [5.41, 5.74) is 0. The van der Waals surface area contributed by atoms with E-state index in [4.69, 9.17) is 9.47 Å². The van der Waals surface area contributed by atoms with Gasteiger partial charge in [-0.25, -0.2) is 0 Å². The van der Waals surface area contributed by atoms with Gasteiger partial charge in [-0.3, -0.25) is 0 Å². The van der Waals surface area contributed by atoms with Gasteiger partial charge in [0.05, 0.1) is 13.7 Å². The Bertz CT molecular complexity index is 328. The predicted octanol–water partition coefficient (Wildman–Crippen LogP) is 5.20.